The van der Waals surface area contributed by atoms with Crippen LogP contribution in [0.3, 0.4) is 0 Å². The number of ether oxygens (including phenoxy) is 1. The molecule has 0 aromatic rings. The summed E-state index contributed by atoms with van der Waals surface area (Å²) in [5, 5.41) is 18.4. The molecule has 1 rings (SSSR count). The predicted octanol–water partition coefficient (Wildman–Crippen LogP) is -0.624. The Bertz CT molecular complexity index is 216. The molecule has 0 aliphatic carbocycles. The minimum atomic E-state index is -1.04. The molecule has 1 heterocycles. The van der Waals surface area contributed by atoms with E-state index in [4.69, 9.17) is 23.2 Å². The van der Waals surface area contributed by atoms with Gasteiger partial charge in [0, 0.05) is 0 Å². The van der Waals surface area contributed by atoms with Crippen molar-refractivity contribution in [3.63, 3.8) is 0 Å². The summed E-state index contributed by atoms with van der Waals surface area (Å²) < 4.78 is 4.98. The Balaban J connectivity index is 2.60. The largest absolute Gasteiger partial charge is 0.388 e. The van der Waals surface area contributed by atoms with E-state index in [2.05, 4.69) is 5.92 Å². The van der Waals surface area contributed by atoms with Crippen LogP contribution in [-0.2, 0) is 4.74 Å². The van der Waals surface area contributed by atoms with Gasteiger partial charge in [-0.3, -0.25) is 0 Å². The normalized spacial score (nSPS) is 41.8. The van der Waals surface area contributed by atoms with Crippen LogP contribution < -0.4 is 0 Å². The van der Waals surface area contributed by atoms with Crippen molar-refractivity contribution in [3.05, 3.63) is 19.1 Å². The van der Waals surface area contributed by atoms with Gasteiger partial charge in [-0.1, -0.05) is 5.92 Å². The lowest BCUT2D eigenvalue weighted by molar-refractivity contribution is 0.0391. The molecule has 4 atom stereocenters. The average molecular weight is 166 g/mol. The Kier molecular flexibility index (Phi) is 2.88. The summed E-state index contributed by atoms with van der Waals surface area (Å²) in [5.74, 6) is 2.25. The first-order valence-corrected chi connectivity index (χ1v) is 3.57. The molecule has 3 heteroatoms. The highest BCUT2D eigenvalue weighted by Crippen LogP contribution is 2.21. The molecule has 12 heavy (non-hydrogen) atoms. The highest BCUT2D eigenvalue weighted by molar-refractivity contribution is 5.13. The fourth-order valence-electron chi connectivity index (χ4n) is 1.04. The quantitative estimate of drug-likeness (QED) is 0.510. The van der Waals surface area contributed by atoms with Gasteiger partial charge in [0.15, 0.2) is 0 Å². The summed E-state index contributed by atoms with van der Waals surface area (Å²) in [6, 6.07) is 0. The Morgan fingerprint density at radius 2 is 2.00 bits per heavy atom. The Hall–Kier alpha value is -0.820. The molecule has 0 aromatic heterocycles. The van der Waals surface area contributed by atoms with Gasteiger partial charge < -0.3 is 14.9 Å². The molecule has 1 saturated heterocycles. The maximum absolute atomic E-state index is 9.28. The second-order valence-electron chi connectivity index (χ2n) is 2.57. The molecular formula is C9H10O3. The van der Waals surface area contributed by atoms with Gasteiger partial charge in [-0.15, -0.1) is 6.42 Å². The SMILES string of the molecule is [CH][C@@H]1O[C@H](/C=C/C#C)[C@H](O)C1O. The van der Waals surface area contributed by atoms with Crippen LogP contribution in [-0.4, -0.2) is 34.6 Å². The molecule has 1 aliphatic heterocycles. The minimum absolute atomic E-state index is 0.606. The monoisotopic (exact) mass is 166 g/mol. The standard InChI is InChI=1S/C9H10O3/c1-3-4-5-7-9(11)8(10)6(2)12-7/h1-2,4-11H/b5-4+/t6-,7+,8?,9-/m0/s1. The van der Waals surface area contributed by atoms with E-state index in [1.165, 1.54) is 12.2 Å². The molecule has 0 amide bonds. The van der Waals surface area contributed by atoms with E-state index < -0.39 is 24.4 Å². The van der Waals surface area contributed by atoms with Crippen molar-refractivity contribution in [1.82, 2.24) is 0 Å². The number of hydrogen-bond acceptors (Lipinski definition) is 3. The summed E-state index contributed by atoms with van der Waals surface area (Å²) in [4.78, 5) is 0. The van der Waals surface area contributed by atoms with E-state index in [9.17, 15) is 5.11 Å². The highest BCUT2D eigenvalue weighted by Gasteiger charge is 2.38. The van der Waals surface area contributed by atoms with E-state index in [0.29, 0.717) is 0 Å². The second kappa shape index (κ2) is 3.72. The second-order valence-corrected chi connectivity index (χ2v) is 2.57. The number of allylic oxidation sites excluding steroid dienone is 1. The Labute approximate surface area is 71.7 Å². The third kappa shape index (κ3) is 1.67. The smallest absolute Gasteiger partial charge is 0.112 e. The summed E-state index contributed by atoms with van der Waals surface area (Å²) >= 11 is 0. The minimum Gasteiger partial charge on any atom is -0.388 e. The highest BCUT2D eigenvalue weighted by atomic mass is 16.5. The Morgan fingerprint density at radius 3 is 2.42 bits per heavy atom. The average Bonchev–Trinajstić information content (AvgIpc) is 2.30. The van der Waals surface area contributed by atoms with Crippen molar-refractivity contribution < 1.29 is 14.9 Å². The number of hydrogen-bond donors (Lipinski definition) is 2. The van der Waals surface area contributed by atoms with Crippen molar-refractivity contribution in [2.45, 2.75) is 24.4 Å². The molecule has 64 valence electrons. The molecule has 0 bridgehead atoms. The fraction of sp³-hybridized carbons (Fsp3) is 0.444. The van der Waals surface area contributed by atoms with Crippen molar-refractivity contribution in [2.75, 3.05) is 0 Å². The van der Waals surface area contributed by atoms with Gasteiger partial charge in [-0.25, -0.2) is 0 Å². The lowest BCUT2D eigenvalue weighted by Crippen LogP contribution is -2.30. The molecule has 2 radical (unpaired) electrons. The van der Waals surface area contributed by atoms with Crippen LogP contribution in [0.1, 0.15) is 0 Å². The zero-order valence-electron chi connectivity index (χ0n) is 6.42. The summed E-state index contributed by atoms with van der Waals surface area (Å²) in [7, 11) is 0. The van der Waals surface area contributed by atoms with E-state index in [0.717, 1.165) is 0 Å². The van der Waals surface area contributed by atoms with Crippen LogP contribution in [0.25, 0.3) is 0 Å². The van der Waals surface area contributed by atoms with Gasteiger partial charge in [0.1, 0.15) is 18.3 Å². The van der Waals surface area contributed by atoms with E-state index in [1.54, 1.807) is 0 Å². The summed E-state index contributed by atoms with van der Waals surface area (Å²) in [6.07, 6.45) is 4.36. The van der Waals surface area contributed by atoms with Gasteiger partial charge in [0.25, 0.3) is 0 Å². The van der Waals surface area contributed by atoms with Crippen LogP contribution in [0.2, 0.25) is 0 Å². The number of aliphatic hydroxyl groups excluding tert-OH is 2. The fourth-order valence-corrected chi connectivity index (χ4v) is 1.04. The van der Waals surface area contributed by atoms with Crippen LogP contribution in [0.4, 0.5) is 0 Å². The van der Waals surface area contributed by atoms with Gasteiger partial charge in [-0.05, 0) is 19.1 Å². The first-order valence-electron chi connectivity index (χ1n) is 3.57. The van der Waals surface area contributed by atoms with Gasteiger partial charge in [-0.2, -0.15) is 0 Å². The maximum atomic E-state index is 9.28. The maximum Gasteiger partial charge on any atom is 0.112 e. The predicted molar refractivity (Wildman–Crippen MR) is 42.9 cm³/mol. The van der Waals surface area contributed by atoms with Gasteiger partial charge in [0.2, 0.25) is 0 Å². The van der Waals surface area contributed by atoms with E-state index in [-0.39, 0.29) is 0 Å². The number of rotatable bonds is 1. The lowest BCUT2D eigenvalue weighted by atomic mass is 10.1. The topological polar surface area (TPSA) is 49.7 Å². The third-order valence-corrected chi connectivity index (χ3v) is 1.72. The molecule has 0 spiro atoms. The molecule has 0 aromatic carbocycles. The summed E-state index contributed by atoms with van der Waals surface area (Å²) in [6.45, 7) is 5.31. The van der Waals surface area contributed by atoms with Crippen LogP contribution in [0.15, 0.2) is 12.2 Å². The van der Waals surface area contributed by atoms with Crippen LogP contribution >= 0.6 is 0 Å². The van der Waals surface area contributed by atoms with Gasteiger partial charge >= 0.3 is 0 Å². The summed E-state index contributed by atoms with van der Waals surface area (Å²) in [5.41, 5.74) is 0. The molecule has 1 fully saturated rings. The van der Waals surface area contributed by atoms with Crippen molar-refractivity contribution in [3.8, 4) is 12.3 Å². The first kappa shape index (κ1) is 9.27. The molecule has 2 N–H and O–H groups in total. The molecule has 1 unspecified atom stereocenters. The van der Waals surface area contributed by atoms with Gasteiger partial charge in [0.05, 0.1) is 6.10 Å². The molecule has 3 nitrogen and oxygen atoms in total. The number of aliphatic hydroxyl groups is 2. The first-order chi connectivity index (χ1) is 5.66. The zero-order chi connectivity index (χ0) is 9.14. The van der Waals surface area contributed by atoms with Crippen molar-refractivity contribution >= 4 is 0 Å². The Morgan fingerprint density at radius 1 is 1.33 bits per heavy atom. The number of terminal acetylenes is 1. The molecule has 0 saturated carbocycles. The molecule has 1 aliphatic rings. The lowest BCUT2D eigenvalue weighted by Gasteiger charge is -2.09. The zero-order valence-corrected chi connectivity index (χ0v) is 6.42. The molecular weight excluding hydrogens is 156 g/mol. The van der Waals surface area contributed by atoms with Crippen LogP contribution in [0, 0.1) is 19.3 Å². The van der Waals surface area contributed by atoms with Crippen LogP contribution in [0.5, 0.6) is 0 Å². The van der Waals surface area contributed by atoms with E-state index in [1.807, 2.05) is 0 Å². The third-order valence-electron chi connectivity index (χ3n) is 1.72. The van der Waals surface area contributed by atoms with Crippen molar-refractivity contribution in [1.29, 1.82) is 0 Å². The van der Waals surface area contributed by atoms with E-state index >= 15 is 0 Å². The van der Waals surface area contributed by atoms with Crippen molar-refractivity contribution in [2.24, 2.45) is 0 Å².